The molecule has 1 aromatic rings. The molecule has 0 fully saturated rings. The molecule has 0 atom stereocenters. The lowest BCUT2D eigenvalue weighted by Crippen LogP contribution is -2.07. The van der Waals surface area contributed by atoms with Crippen LogP contribution in [0.15, 0.2) is 36.5 Å². The first-order valence-electron chi connectivity index (χ1n) is 3.89. The average molecular weight is 173 g/mol. The first kappa shape index (κ1) is 9.21. The van der Waals surface area contributed by atoms with E-state index in [0.29, 0.717) is 0 Å². The van der Waals surface area contributed by atoms with Gasteiger partial charge in [-0.25, -0.2) is 0 Å². The SMILES string of the molecule is C#CC=CN(C)c1ccccc1O. The standard InChI is InChI=1S/C11H11NO/c1-3-4-9-12(2)10-7-5-6-8-11(10)13/h1,4-9,13H,2H3. The van der Waals surface area contributed by atoms with Crippen molar-refractivity contribution in [3.05, 3.63) is 36.5 Å². The van der Waals surface area contributed by atoms with Crippen molar-refractivity contribution in [1.29, 1.82) is 0 Å². The van der Waals surface area contributed by atoms with Crippen LogP contribution in [0.25, 0.3) is 0 Å². The van der Waals surface area contributed by atoms with Gasteiger partial charge in [0, 0.05) is 19.3 Å². The van der Waals surface area contributed by atoms with E-state index < -0.39 is 0 Å². The van der Waals surface area contributed by atoms with Crippen molar-refractivity contribution in [1.82, 2.24) is 0 Å². The molecule has 2 heteroatoms. The normalized spacial score (nSPS) is 9.85. The first-order valence-corrected chi connectivity index (χ1v) is 3.89. The van der Waals surface area contributed by atoms with Crippen LogP contribution in [0.3, 0.4) is 0 Å². The second kappa shape index (κ2) is 4.22. The number of benzene rings is 1. The Bertz CT molecular complexity index is 349. The van der Waals surface area contributed by atoms with Gasteiger partial charge in [-0.1, -0.05) is 18.1 Å². The number of anilines is 1. The summed E-state index contributed by atoms with van der Waals surface area (Å²) in [6, 6.07) is 7.08. The van der Waals surface area contributed by atoms with Crippen molar-refractivity contribution in [3.63, 3.8) is 0 Å². The zero-order valence-corrected chi connectivity index (χ0v) is 7.44. The minimum absolute atomic E-state index is 0.242. The molecule has 0 saturated carbocycles. The molecule has 0 aromatic heterocycles. The van der Waals surface area contributed by atoms with Gasteiger partial charge in [-0.05, 0) is 12.1 Å². The van der Waals surface area contributed by atoms with Crippen LogP contribution >= 0.6 is 0 Å². The molecular weight excluding hydrogens is 162 g/mol. The third kappa shape index (κ3) is 2.28. The van der Waals surface area contributed by atoms with E-state index in [0.717, 1.165) is 5.69 Å². The van der Waals surface area contributed by atoms with Crippen molar-refractivity contribution in [2.45, 2.75) is 0 Å². The van der Waals surface area contributed by atoms with Crippen LogP contribution in [0.5, 0.6) is 5.75 Å². The summed E-state index contributed by atoms with van der Waals surface area (Å²) in [6.45, 7) is 0. The average Bonchev–Trinajstić information content (AvgIpc) is 2.15. The molecule has 0 bridgehead atoms. The topological polar surface area (TPSA) is 23.5 Å². The van der Waals surface area contributed by atoms with E-state index in [2.05, 4.69) is 5.92 Å². The fraction of sp³-hybridized carbons (Fsp3) is 0.0909. The van der Waals surface area contributed by atoms with Crippen LogP contribution < -0.4 is 4.90 Å². The van der Waals surface area contributed by atoms with Gasteiger partial charge in [0.2, 0.25) is 0 Å². The second-order valence-corrected chi connectivity index (χ2v) is 2.58. The number of nitrogens with zero attached hydrogens (tertiary/aromatic N) is 1. The summed E-state index contributed by atoms with van der Waals surface area (Å²) in [5, 5.41) is 9.45. The van der Waals surface area contributed by atoms with Crippen LogP contribution in [0, 0.1) is 12.3 Å². The number of aromatic hydroxyl groups is 1. The van der Waals surface area contributed by atoms with Gasteiger partial charge >= 0.3 is 0 Å². The third-order valence-electron chi connectivity index (χ3n) is 1.66. The number of terminal acetylenes is 1. The van der Waals surface area contributed by atoms with E-state index in [1.807, 2.05) is 19.2 Å². The highest BCUT2D eigenvalue weighted by atomic mass is 16.3. The number of allylic oxidation sites excluding steroid dienone is 1. The van der Waals surface area contributed by atoms with Crippen LogP contribution in [0.2, 0.25) is 0 Å². The second-order valence-electron chi connectivity index (χ2n) is 2.58. The number of phenols is 1. The summed E-state index contributed by atoms with van der Waals surface area (Å²) < 4.78 is 0. The van der Waals surface area contributed by atoms with E-state index in [-0.39, 0.29) is 5.75 Å². The van der Waals surface area contributed by atoms with Gasteiger partial charge in [0.05, 0.1) is 5.69 Å². The maximum absolute atomic E-state index is 9.45. The Morgan fingerprint density at radius 3 is 2.77 bits per heavy atom. The highest BCUT2D eigenvalue weighted by Gasteiger charge is 2.00. The Morgan fingerprint density at radius 2 is 2.15 bits per heavy atom. The minimum Gasteiger partial charge on any atom is -0.506 e. The third-order valence-corrected chi connectivity index (χ3v) is 1.66. The maximum atomic E-state index is 9.45. The van der Waals surface area contributed by atoms with E-state index in [1.165, 1.54) is 0 Å². The zero-order chi connectivity index (χ0) is 9.68. The molecule has 0 aliphatic heterocycles. The summed E-state index contributed by atoms with van der Waals surface area (Å²) in [6.07, 6.45) is 8.36. The molecule has 0 unspecified atom stereocenters. The van der Waals surface area contributed by atoms with Crippen molar-refractivity contribution in [3.8, 4) is 18.1 Å². The monoisotopic (exact) mass is 173 g/mol. The molecule has 0 spiro atoms. The molecule has 66 valence electrons. The Hall–Kier alpha value is -1.88. The summed E-state index contributed by atoms with van der Waals surface area (Å²) in [5.74, 6) is 2.63. The molecule has 1 rings (SSSR count). The van der Waals surface area contributed by atoms with Crippen LogP contribution in [-0.2, 0) is 0 Å². The predicted molar refractivity (Wildman–Crippen MR) is 54.5 cm³/mol. The molecule has 2 nitrogen and oxygen atoms in total. The fourth-order valence-electron chi connectivity index (χ4n) is 0.998. The zero-order valence-electron chi connectivity index (χ0n) is 7.44. The Labute approximate surface area is 78.1 Å². The van der Waals surface area contributed by atoms with Gasteiger partial charge in [0.25, 0.3) is 0 Å². The van der Waals surface area contributed by atoms with Gasteiger partial charge in [0.1, 0.15) is 5.75 Å². The number of phenolic OH excluding ortho intramolecular Hbond substituents is 1. The molecule has 0 aliphatic rings. The summed E-state index contributed by atoms with van der Waals surface area (Å²) in [5.41, 5.74) is 0.731. The molecular formula is C11H11NO. The Balaban J connectivity index is 2.90. The number of rotatable bonds is 2. The molecule has 0 saturated heterocycles. The van der Waals surface area contributed by atoms with Gasteiger partial charge in [0.15, 0.2) is 0 Å². The summed E-state index contributed by atoms with van der Waals surface area (Å²) >= 11 is 0. The number of hydrogen-bond acceptors (Lipinski definition) is 2. The lowest BCUT2D eigenvalue weighted by atomic mass is 10.3. The number of hydrogen-bond donors (Lipinski definition) is 1. The predicted octanol–water partition coefficient (Wildman–Crippen LogP) is 1.98. The van der Waals surface area contributed by atoms with Crippen molar-refractivity contribution in [2.75, 3.05) is 11.9 Å². The highest BCUT2D eigenvalue weighted by Crippen LogP contribution is 2.25. The molecule has 0 radical (unpaired) electrons. The van der Waals surface area contributed by atoms with Crippen LogP contribution in [0.1, 0.15) is 0 Å². The number of para-hydroxylation sites is 2. The van der Waals surface area contributed by atoms with Gasteiger partial charge in [-0.15, -0.1) is 6.42 Å². The smallest absolute Gasteiger partial charge is 0.139 e. The van der Waals surface area contributed by atoms with E-state index in [9.17, 15) is 5.11 Å². The Morgan fingerprint density at radius 1 is 1.46 bits per heavy atom. The first-order chi connectivity index (χ1) is 6.25. The summed E-state index contributed by atoms with van der Waals surface area (Å²) in [4.78, 5) is 1.76. The van der Waals surface area contributed by atoms with Gasteiger partial charge in [-0.2, -0.15) is 0 Å². The lowest BCUT2D eigenvalue weighted by molar-refractivity contribution is 0.476. The van der Waals surface area contributed by atoms with E-state index in [4.69, 9.17) is 6.42 Å². The quantitative estimate of drug-likeness (QED) is 0.691. The lowest BCUT2D eigenvalue weighted by Gasteiger charge is -2.14. The largest absolute Gasteiger partial charge is 0.506 e. The van der Waals surface area contributed by atoms with Crippen molar-refractivity contribution < 1.29 is 5.11 Å². The van der Waals surface area contributed by atoms with Crippen LogP contribution in [0.4, 0.5) is 5.69 Å². The summed E-state index contributed by atoms with van der Waals surface area (Å²) in [7, 11) is 1.82. The minimum atomic E-state index is 0.242. The van der Waals surface area contributed by atoms with Crippen molar-refractivity contribution in [2.24, 2.45) is 0 Å². The molecule has 0 heterocycles. The Kier molecular flexibility index (Phi) is 2.99. The van der Waals surface area contributed by atoms with Gasteiger partial charge < -0.3 is 10.0 Å². The maximum Gasteiger partial charge on any atom is 0.139 e. The van der Waals surface area contributed by atoms with Crippen LogP contribution in [-0.4, -0.2) is 12.2 Å². The van der Waals surface area contributed by atoms with E-state index in [1.54, 1.807) is 29.3 Å². The molecule has 0 amide bonds. The van der Waals surface area contributed by atoms with E-state index >= 15 is 0 Å². The molecule has 1 aromatic carbocycles. The van der Waals surface area contributed by atoms with Crippen molar-refractivity contribution >= 4 is 5.69 Å². The fourth-order valence-corrected chi connectivity index (χ4v) is 0.998. The molecule has 1 N–H and O–H groups in total. The molecule has 0 aliphatic carbocycles. The molecule has 13 heavy (non-hydrogen) atoms. The highest BCUT2D eigenvalue weighted by molar-refractivity contribution is 5.58. The van der Waals surface area contributed by atoms with Gasteiger partial charge in [-0.3, -0.25) is 0 Å².